The Labute approximate surface area is 246 Å². The maximum Gasteiger partial charge on any atom is 1.00 e. The van der Waals surface area contributed by atoms with E-state index in [1.807, 2.05) is 0 Å². The second-order valence-electron chi connectivity index (χ2n) is 6.88. The first-order chi connectivity index (χ1) is 14.5. The molecule has 0 radical (unpaired) electrons. The third-order valence-electron chi connectivity index (χ3n) is 4.47. The molecule has 1 fully saturated rings. The first kappa shape index (κ1) is 31.5. The smallest absolute Gasteiger partial charge is 0.790 e. The minimum Gasteiger partial charge on any atom is -0.790 e. The number of rotatable bonds is 8. The molecule has 1 heterocycles. The van der Waals surface area contributed by atoms with Crippen molar-refractivity contribution in [3.8, 4) is 11.8 Å². The minimum atomic E-state index is -5.25. The third kappa shape index (κ3) is 8.52. The molecular formula is C18H14Cl2FN2Na2O6PS. The zero-order chi connectivity index (χ0) is 22.8. The van der Waals surface area contributed by atoms with Crippen LogP contribution in [0.15, 0.2) is 41.3 Å². The van der Waals surface area contributed by atoms with E-state index in [0.29, 0.717) is 9.92 Å². The predicted octanol–water partition coefficient (Wildman–Crippen LogP) is -3.74. The quantitative estimate of drug-likeness (QED) is 0.243. The summed E-state index contributed by atoms with van der Waals surface area (Å²) in [7, 11) is -6.93. The summed E-state index contributed by atoms with van der Waals surface area (Å²) in [5.41, 5.74) is -1.15. The average molecular weight is 553 g/mol. The fourth-order valence-corrected chi connectivity index (χ4v) is 5.44. The third-order valence-corrected chi connectivity index (χ3v) is 7.04. The Bertz CT molecular complexity index is 1110. The van der Waals surface area contributed by atoms with E-state index in [4.69, 9.17) is 33.2 Å². The SMILES string of the molecule is N#Cc1ccc(OCC2(COP(=O)([O-])[O-])CN(S(=O)c3ccc(Cl)cc3Cl)C2)cc1F.[Na+].[Na+]. The van der Waals surface area contributed by atoms with Gasteiger partial charge in [0, 0.05) is 24.2 Å². The molecule has 0 aromatic heterocycles. The molecule has 2 aromatic rings. The van der Waals surface area contributed by atoms with Gasteiger partial charge in [-0.3, -0.25) is 0 Å². The zero-order valence-electron chi connectivity index (χ0n) is 17.6. The van der Waals surface area contributed by atoms with E-state index in [0.717, 1.165) is 6.07 Å². The van der Waals surface area contributed by atoms with Gasteiger partial charge in [0.1, 0.15) is 28.6 Å². The molecule has 2 aromatic carbocycles. The Morgan fingerprint density at radius 1 is 1.18 bits per heavy atom. The second kappa shape index (κ2) is 13.1. The first-order valence-electron chi connectivity index (χ1n) is 8.63. The normalized spacial score (nSPS) is 15.9. The summed E-state index contributed by atoms with van der Waals surface area (Å²) < 4.78 is 49.0. The standard InChI is InChI=1S/C18H16Cl2FN2O6PS.2Na/c19-13-2-4-17(15(20)5-13)31(27)23-8-18(9-23,11-29-30(24,25)26)10-28-14-3-1-12(7-22)16(21)6-14;;/h1-6H,8-11H2,(H2,24,25,26);;/q;2*+1/p-2. The van der Waals surface area contributed by atoms with Crippen molar-refractivity contribution in [3.63, 3.8) is 0 Å². The fraction of sp³-hybridized carbons (Fsp3) is 0.278. The molecule has 0 saturated carbocycles. The Hall–Kier alpha value is 0.460. The summed E-state index contributed by atoms with van der Waals surface area (Å²) in [5, 5.41) is 9.37. The van der Waals surface area contributed by atoms with Crippen LogP contribution < -0.4 is 73.6 Å². The van der Waals surface area contributed by atoms with Crippen molar-refractivity contribution in [2.75, 3.05) is 26.3 Å². The van der Waals surface area contributed by atoms with Crippen LogP contribution in [-0.4, -0.2) is 34.8 Å². The van der Waals surface area contributed by atoms with Crippen molar-refractivity contribution in [3.05, 3.63) is 57.8 Å². The summed E-state index contributed by atoms with van der Waals surface area (Å²) in [6.07, 6.45) is 0. The van der Waals surface area contributed by atoms with E-state index in [2.05, 4.69) is 4.52 Å². The van der Waals surface area contributed by atoms with Gasteiger partial charge in [0.25, 0.3) is 0 Å². The van der Waals surface area contributed by atoms with Gasteiger partial charge in [-0.05, 0) is 30.3 Å². The van der Waals surface area contributed by atoms with Gasteiger partial charge in [-0.1, -0.05) is 23.2 Å². The maximum atomic E-state index is 13.8. The van der Waals surface area contributed by atoms with Crippen LogP contribution in [0, 0.1) is 22.6 Å². The van der Waals surface area contributed by atoms with Crippen LogP contribution in [0.25, 0.3) is 0 Å². The zero-order valence-corrected chi connectivity index (χ0v) is 24.8. The second-order valence-corrected chi connectivity index (χ2v) is 10.3. The number of hydrogen-bond acceptors (Lipinski definition) is 7. The molecule has 15 heteroatoms. The van der Waals surface area contributed by atoms with Crippen LogP contribution in [0.1, 0.15) is 5.56 Å². The van der Waals surface area contributed by atoms with E-state index >= 15 is 0 Å². The van der Waals surface area contributed by atoms with Gasteiger partial charge in [-0.2, -0.15) is 5.26 Å². The molecule has 166 valence electrons. The van der Waals surface area contributed by atoms with Crippen LogP contribution >= 0.6 is 31.0 Å². The number of phosphoric acid groups is 1. The number of benzene rings is 2. The van der Waals surface area contributed by atoms with Gasteiger partial charge < -0.3 is 23.6 Å². The Morgan fingerprint density at radius 2 is 1.85 bits per heavy atom. The largest absolute Gasteiger partial charge is 1.00 e. The van der Waals surface area contributed by atoms with E-state index in [-0.39, 0.29) is 95.1 Å². The van der Waals surface area contributed by atoms with Gasteiger partial charge in [0.05, 0.1) is 41.9 Å². The molecule has 1 atom stereocenters. The molecule has 0 aliphatic carbocycles. The van der Waals surface area contributed by atoms with Gasteiger partial charge in [0.15, 0.2) is 0 Å². The maximum absolute atomic E-state index is 13.8. The van der Waals surface area contributed by atoms with E-state index in [9.17, 15) is 23.0 Å². The van der Waals surface area contributed by atoms with Crippen LogP contribution in [0.4, 0.5) is 4.39 Å². The fourth-order valence-electron chi connectivity index (χ4n) is 2.93. The van der Waals surface area contributed by atoms with Gasteiger partial charge in [0.2, 0.25) is 0 Å². The summed E-state index contributed by atoms with van der Waals surface area (Å²) in [4.78, 5) is 22.2. The van der Waals surface area contributed by atoms with E-state index in [1.165, 1.54) is 34.6 Å². The van der Waals surface area contributed by atoms with Gasteiger partial charge >= 0.3 is 59.1 Å². The van der Waals surface area contributed by atoms with E-state index in [1.54, 1.807) is 6.07 Å². The molecule has 1 aliphatic heterocycles. The van der Waals surface area contributed by atoms with Crippen molar-refractivity contribution in [1.82, 2.24) is 4.31 Å². The number of phosphoric ester groups is 1. The monoisotopic (exact) mass is 552 g/mol. The van der Waals surface area contributed by atoms with Gasteiger partial charge in [-0.15, -0.1) is 0 Å². The molecule has 1 unspecified atom stereocenters. The predicted molar refractivity (Wildman–Crippen MR) is 107 cm³/mol. The summed E-state index contributed by atoms with van der Waals surface area (Å²) >= 11 is 11.9. The molecule has 1 aliphatic rings. The number of hydrogen-bond donors (Lipinski definition) is 0. The summed E-state index contributed by atoms with van der Waals surface area (Å²) in [6, 6.07) is 9.81. The average Bonchev–Trinajstić information content (AvgIpc) is 2.65. The molecule has 0 spiro atoms. The molecule has 1 saturated heterocycles. The topological polar surface area (TPSA) is 126 Å². The molecule has 0 bridgehead atoms. The van der Waals surface area contributed by atoms with Crippen LogP contribution in [-0.2, 0) is 20.1 Å². The molecule has 8 nitrogen and oxygen atoms in total. The molecule has 3 rings (SSSR count). The number of halogens is 3. The Morgan fingerprint density at radius 3 is 2.39 bits per heavy atom. The van der Waals surface area contributed by atoms with Crippen molar-refractivity contribution >= 4 is 42.0 Å². The van der Waals surface area contributed by atoms with Crippen molar-refractivity contribution in [2.24, 2.45) is 5.41 Å². The minimum absolute atomic E-state index is 0. The summed E-state index contributed by atoms with van der Waals surface area (Å²) in [6.45, 7) is -0.548. The Balaban J connectivity index is 0.00000272. The van der Waals surface area contributed by atoms with Crippen molar-refractivity contribution < 1.29 is 91.3 Å². The molecule has 33 heavy (non-hydrogen) atoms. The van der Waals surface area contributed by atoms with Crippen molar-refractivity contribution in [1.29, 1.82) is 5.26 Å². The number of nitriles is 1. The Kier molecular flexibility index (Phi) is 12.5. The number of ether oxygens (including phenoxy) is 1. The molecule has 0 amide bonds. The van der Waals surface area contributed by atoms with Crippen LogP contribution in [0.2, 0.25) is 10.0 Å². The van der Waals surface area contributed by atoms with Crippen molar-refractivity contribution in [2.45, 2.75) is 4.90 Å². The molecule has 0 N–H and O–H groups in total. The molecular weight excluding hydrogens is 539 g/mol. The van der Waals surface area contributed by atoms with E-state index < -0.39 is 36.6 Å². The van der Waals surface area contributed by atoms with Crippen LogP contribution in [0.3, 0.4) is 0 Å². The number of nitrogens with zero attached hydrogens (tertiary/aromatic N) is 2. The first-order valence-corrected chi connectivity index (χ1v) is 12.0. The van der Waals surface area contributed by atoms with Crippen LogP contribution in [0.5, 0.6) is 5.75 Å². The van der Waals surface area contributed by atoms with Gasteiger partial charge in [-0.25, -0.2) is 12.9 Å². The summed E-state index contributed by atoms with van der Waals surface area (Å²) in [5.74, 6) is -0.675.